The summed E-state index contributed by atoms with van der Waals surface area (Å²) in [6.07, 6.45) is 1.25. The van der Waals surface area contributed by atoms with E-state index in [1.165, 1.54) is 13.2 Å². The van der Waals surface area contributed by atoms with Crippen molar-refractivity contribution in [1.82, 2.24) is 0 Å². The molecular formula is C21H21NO6. The molecule has 2 rings (SSSR count). The Morgan fingerprint density at radius 2 is 1.71 bits per heavy atom. The number of nitrogens with zero attached hydrogens (tertiary/aromatic N) is 1. The average Bonchev–Trinajstić information content (AvgIpc) is 2.71. The normalized spacial score (nSPS) is 10.7. The fourth-order valence-corrected chi connectivity index (χ4v) is 2.33. The molecule has 0 spiro atoms. The maximum atomic E-state index is 11.1. The van der Waals surface area contributed by atoms with Crippen molar-refractivity contribution in [2.75, 3.05) is 26.9 Å². The lowest BCUT2D eigenvalue weighted by Gasteiger charge is -2.14. The fraction of sp³-hybridized carbons (Fsp3) is 0.238. The van der Waals surface area contributed by atoms with Crippen LogP contribution in [0.2, 0.25) is 0 Å². The van der Waals surface area contributed by atoms with Crippen LogP contribution >= 0.6 is 0 Å². The van der Waals surface area contributed by atoms with Crippen LogP contribution in [0.4, 0.5) is 0 Å². The zero-order valence-electron chi connectivity index (χ0n) is 15.7. The van der Waals surface area contributed by atoms with E-state index < -0.39 is 11.5 Å². The summed E-state index contributed by atoms with van der Waals surface area (Å²) in [7, 11) is 1.51. The highest BCUT2D eigenvalue weighted by Gasteiger charge is 2.11. The molecule has 0 bridgehead atoms. The smallest absolute Gasteiger partial charge is 0.346 e. The summed E-state index contributed by atoms with van der Waals surface area (Å²) in [5.74, 6) is 0.880. The van der Waals surface area contributed by atoms with Gasteiger partial charge in [-0.15, -0.1) is 0 Å². The number of carboxylic acid groups (broad SMARTS) is 1. The van der Waals surface area contributed by atoms with E-state index in [2.05, 4.69) is 0 Å². The van der Waals surface area contributed by atoms with Crippen molar-refractivity contribution in [2.45, 2.75) is 6.92 Å². The molecule has 0 amide bonds. The molecule has 0 unspecified atom stereocenters. The van der Waals surface area contributed by atoms with Gasteiger partial charge in [-0.3, -0.25) is 0 Å². The lowest BCUT2D eigenvalue weighted by molar-refractivity contribution is -0.132. The third-order valence-electron chi connectivity index (χ3n) is 3.62. The highest BCUT2D eigenvalue weighted by molar-refractivity contribution is 5.96. The summed E-state index contributed by atoms with van der Waals surface area (Å²) in [6.45, 7) is 2.86. The Hall–Kier alpha value is -3.66. The summed E-state index contributed by atoms with van der Waals surface area (Å²) in [5.41, 5.74) is 0.0615. The van der Waals surface area contributed by atoms with Crippen LogP contribution in [-0.2, 0) is 4.79 Å². The van der Waals surface area contributed by atoms with Crippen molar-refractivity contribution in [3.63, 3.8) is 0 Å². The van der Waals surface area contributed by atoms with Gasteiger partial charge >= 0.3 is 5.97 Å². The molecule has 0 fully saturated rings. The minimum atomic E-state index is -1.31. The van der Waals surface area contributed by atoms with Gasteiger partial charge in [0.2, 0.25) is 0 Å². The molecule has 0 aromatic heterocycles. The highest BCUT2D eigenvalue weighted by atomic mass is 16.5. The number of hydrogen-bond acceptors (Lipinski definition) is 6. The van der Waals surface area contributed by atoms with E-state index in [9.17, 15) is 4.79 Å². The Balaban J connectivity index is 2.09. The minimum absolute atomic E-state index is 0.198. The first-order chi connectivity index (χ1) is 13.6. The first-order valence-corrected chi connectivity index (χ1v) is 8.59. The molecule has 0 atom stereocenters. The van der Waals surface area contributed by atoms with E-state index in [1.807, 2.05) is 25.1 Å². The number of carboxylic acids is 1. The molecule has 0 saturated heterocycles. The van der Waals surface area contributed by atoms with Crippen molar-refractivity contribution < 1.29 is 28.8 Å². The van der Waals surface area contributed by atoms with Gasteiger partial charge in [0.25, 0.3) is 0 Å². The number of rotatable bonds is 10. The third kappa shape index (κ3) is 5.68. The average molecular weight is 383 g/mol. The van der Waals surface area contributed by atoms with Gasteiger partial charge < -0.3 is 24.1 Å². The van der Waals surface area contributed by atoms with Crippen LogP contribution in [0.5, 0.6) is 23.0 Å². The summed E-state index contributed by atoms with van der Waals surface area (Å²) in [6, 6.07) is 13.9. The molecule has 7 heteroatoms. The number of nitriles is 1. The van der Waals surface area contributed by atoms with Gasteiger partial charge in [0.15, 0.2) is 11.5 Å². The largest absolute Gasteiger partial charge is 0.497 e. The minimum Gasteiger partial charge on any atom is -0.497 e. The number of carbonyl (C=O) groups is 1. The zero-order valence-corrected chi connectivity index (χ0v) is 15.7. The van der Waals surface area contributed by atoms with E-state index in [4.69, 9.17) is 29.3 Å². The number of methoxy groups -OCH3 is 1. The molecule has 0 aliphatic carbocycles. The van der Waals surface area contributed by atoms with Crippen molar-refractivity contribution in [2.24, 2.45) is 0 Å². The Bertz CT molecular complexity index is 885. The predicted octanol–water partition coefficient (Wildman–Crippen LogP) is 3.54. The van der Waals surface area contributed by atoms with Crippen molar-refractivity contribution in [3.8, 4) is 29.1 Å². The van der Waals surface area contributed by atoms with Crippen LogP contribution in [0.1, 0.15) is 12.5 Å². The van der Waals surface area contributed by atoms with Crippen LogP contribution in [0.3, 0.4) is 0 Å². The second-order valence-corrected chi connectivity index (χ2v) is 5.46. The van der Waals surface area contributed by atoms with Crippen LogP contribution in [0.25, 0.3) is 6.08 Å². The third-order valence-corrected chi connectivity index (χ3v) is 3.62. The van der Waals surface area contributed by atoms with E-state index in [1.54, 1.807) is 30.3 Å². The summed E-state index contributed by atoms with van der Waals surface area (Å²) in [5, 5.41) is 18.0. The molecule has 0 heterocycles. The lowest BCUT2D eigenvalue weighted by Crippen LogP contribution is -2.10. The van der Waals surface area contributed by atoms with Gasteiger partial charge in [-0.05, 0) is 37.3 Å². The monoisotopic (exact) mass is 383 g/mol. The van der Waals surface area contributed by atoms with Gasteiger partial charge in [-0.25, -0.2) is 4.79 Å². The van der Waals surface area contributed by atoms with Crippen LogP contribution in [0.15, 0.2) is 48.0 Å². The molecule has 0 aliphatic rings. The van der Waals surface area contributed by atoms with E-state index >= 15 is 0 Å². The van der Waals surface area contributed by atoms with Crippen LogP contribution in [0, 0.1) is 11.3 Å². The molecule has 146 valence electrons. The molecule has 2 aromatic carbocycles. The van der Waals surface area contributed by atoms with E-state index in [-0.39, 0.29) is 13.2 Å². The number of aliphatic carboxylic acids is 1. The quantitative estimate of drug-likeness (QED) is 0.381. The SMILES string of the molecule is CCOc1ccccc1OCCOc1cc(OC)ccc1C=C(C#N)C(=O)O. The molecule has 0 saturated carbocycles. The summed E-state index contributed by atoms with van der Waals surface area (Å²) in [4.78, 5) is 11.1. The van der Waals surface area contributed by atoms with Gasteiger partial charge in [0.05, 0.1) is 13.7 Å². The van der Waals surface area contributed by atoms with Crippen molar-refractivity contribution in [1.29, 1.82) is 5.26 Å². The molecule has 0 aliphatic heterocycles. The molecular weight excluding hydrogens is 362 g/mol. The van der Waals surface area contributed by atoms with Gasteiger partial charge in [0, 0.05) is 11.6 Å². The maximum absolute atomic E-state index is 11.1. The standard InChI is InChI=1S/C21H21NO6/c1-3-26-18-6-4-5-7-19(18)27-10-11-28-20-13-17(25-2)9-8-15(20)12-16(14-22)21(23)24/h4-9,12-13H,3,10-11H2,1-2H3,(H,23,24). The topological polar surface area (TPSA) is 98.0 Å². The summed E-state index contributed by atoms with van der Waals surface area (Å²) >= 11 is 0. The molecule has 7 nitrogen and oxygen atoms in total. The van der Waals surface area contributed by atoms with Crippen LogP contribution in [-0.4, -0.2) is 38.0 Å². The van der Waals surface area contributed by atoms with Crippen molar-refractivity contribution >= 4 is 12.0 Å². The Labute approximate surface area is 163 Å². The zero-order chi connectivity index (χ0) is 20.4. The Morgan fingerprint density at radius 3 is 2.29 bits per heavy atom. The molecule has 1 N–H and O–H groups in total. The van der Waals surface area contributed by atoms with Gasteiger partial charge in [0.1, 0.15) is 36.4 Å². The van der Waals surface area contributed by atoms with Gasteiger partial charge in [-0.1, -0.05) is 12.1 Å². The maximum Gasteiger partial charge on any atom is 0.346 e. The Morgan fingerprint density at radius 1 is 1.07 bits per heavy atom. The van der Waals surface area contributed by atoms with E-state index in [0.717, 1.165) is 0 Å². The lowest BCUT2D eigenvalue weighted by atomic mass is 10.1. The summed E-state index contributed by atoms with van der Waals surface area (Å²) < 4.78 is 22.1. The first kappa shape index (κ1) is 20.6. The number of ether oxygens (including phenoxy) is 4. The number of hydrogen-bond donors (Lipinski definition) is 1. The Kier molecular flexibility index (Phi) is 7.73. The second-order valence-electron chi connectivity index (χ2n) is 5.46. The van der Waals surface area contributed by atoms with E-state index in [0.29, 0.717) is 35.2 Å². The first-order valence-electron chi connectivity index (χ1n) is 8.59. The fourth-order valence-electron chi connectivity index (χ4n) is 2.33. The van der Waals surface area contributed by atoms with Gasteiger partial charge in [-0.2, -0.15) is 5.26 Å². The molecule has 2 aromatic rings. The second kappa shape index (κ2) is 10.5. The predicted molar refractivity (Wildman–Crippen MR) is 103 cm³/mol. The highest BCUT2D eigenvalue weighted by Crippen LogP contribution is 2.28. The molecule has 0 radical (unpaired) electrons. The number of para-hydroxylation sites is 2. The van der Waals surface area contributed by atoms with Crippen LogP contribution < -0.4 is 18.9 Å². The molecule has 28 heavy (non-hydrogen) atoms. The van der Waals surface area contributed by atoms with Crippen molar-refractivity contribution in [3.05, 3.63) is 53.6 Å². The number of benzene rings is 2.